The highest BCUT2D eigenvalue weighted by Crippen LogP contribution is 2.41. The lowest BCUT2D eigenvalue weighted by Crippen LogP contribution is -2.40. The van der Waals surface area contributed by atoms with Crippen molar-refractivity contribution in [3.05, 3.63) is 65.5 Å². The number of nitrogens with one attached hydrogen (secondary N) is 1. The predicted octanol–water partition coefficient (Wildman–Crippen LogP) is 5.11. The molecule has 2 aromatic carbocycles. The Labute approximate surface area is 230 Å². The van der Waals surface area contributed by atoms with Crippen LogP contribution >= 0.6 is 0 Å². The zero-order valence-corrected chi connectivity index (χ0v) is 23.3. The lowest BCUT2D eigenvalue weighted by Gasteiger charge is -2.29. The molecule has 1 saturated carbocycles. The smallest absolute Gasteiger partial charge is 0.411 e. The van der Waals surface area contributed by atoms with Crippen LogP contribution in [0.1, 0.15) is 57.6 Å². The van der Waals surface area contributed by atoms with Gasteiger partial charge in [-0.05, 0) is 62.8 Å². The minimum absolute atomic E-state index is 0.0498. The maximum Gasteiger partial charge on any atom is 0.411 e. The second-order valence-electron chi connectivity index (χ2n) is 11.2. The molecule has 3 aliphatic rings. The molecule has 2 aliphatic heterocycles. The number of ether oxygens (including phenoxy) is 2. The number of benzene rings is 2. The second kappa shape index (κ2) is 11.0. The van der Waals surface area contributed by atoms with Crippen molar-refractivity contribution in [3.63, 3.8) is 0 Å². The molecule has 2 fully saturated rings. The number of nitrogens with zero attached hydrogens (tertiary/aromatic N) is 2. The summed E-state index contributed by atoms with van der Waals surface area (Å²) in [5.74, 6) is -0.257. The number of anilines is 1. The van der Waals surface area contributed by atoms with Crippen LogP contribution in [0.5, 0.6) is 5.75 Å². The first-order valence-electron chi connectivity index (χ1n) is 13.3. The molecule has 0 radical (unpaired) electrons. The fraction of sp³-hybridized carbons (Fsp3) is 0.448. The van der Waals surface area contributed by atoms with Crippen LogP contribution in [0.4, 0.5) is 14.9 Å². The van der Waals surface area contributed by atoms with Crippen molar-refractivity contribution >= 4 is 34.4 Å². The Morgan fingerprint density at radius 1 is 1.10 bits per heavy atom. The molecule has 2 heterocycles. The summed E-state index contributed by atoms with van der Waals surface area (Å²) in [7, 11) is 0. The standard InChI is InChI=1S/C29H34FN3O5S/c1-29(2,3)38-28(35)32-16-21(15-22(32)12-11-19-9-10-19)23-13-14-24(37-18-20-7-5-4-6-8-20)27(26(23)30)33-17-25(34)31-39(33)36/h4-8,13-15,19,22H,9-12,16-18H2,1-3H3,(H,31,34). The quantitative estimate of drug-likeness (QED) is 0.489. The Morgan fingerprint density at radius 3 is 2.49 bits per heavy atom. The lowest BCUT2D eigenvalue weighted by molar-refractivity contribution is -0.117. The fourth-order valence-corrected chi connectivity index (χ4v) is 5.78. The minimum atomic E-state index is -1.94. The Balaban J connectivity index is 1.47. The Morgan fingerprint density at radius 2 is 1.85 bits per heavy atom. The highest BCUT2D eigenvalue weighted by atomic mass is 32.2. The maximum atomic E-state index is 16.3. The molecule has 1 saturated heterocycles. The SMILES string of the molecule is CC(C)(C)OC(=O)N1CC(c2ccc(OCc3ccccc3)c(N3CC(=O)NS3=O)c2F)=CC1CCC1CC1. The van der Waals surface area contributed by atoms with Gasteiger partial charge in [-0.2, -0.15) is 0 Å². The van der Waals surface area contributed by atoms with Crippen molar-refractivity contribution < 1.29 is 27.7 Å². The summed E-state index contributed by atoms with van der Waals surface area (Å²) in [5, 5.41) is 0. The molecular weight excluding hydrogens is 521 g/mol. The van der Waals surface area contributed by atoms with Crippen LogP contribution < -0.4 is 13.8 Å². The third-order valence-corrected chi connectivity index (χ3v) is 8.04. The largest absolute Gasteiger partial charge is 0.487 e. The van der Waals surface area contributed by atoms with Gasteiger partial charge in [0, 0.05) is 5.56 Å². The summed E-state index contributed by atoms with van der Waals surface area (Å²) < 4.78 is 44.1. The van der Waals surface area contributed by atoms with Crippen molar-refractivity contribution in [2.45, 2.75) is 64.7 Å². The van der Waals surface area contributed by atoms with Gasteiger partial charge in [-0.25, -0.2) is 13.4 Å². The average molecular weight is 556 g/mol. The molecule has 0 spiro atoms. The first-order valence-corrected chi connectivity index (χ1v) is 14.4. The number of hydrogen-bond donors (Lipinski definition) is 1. The molecule has 39 heavy (non-hydrogen) atoms. The number of rotatable bonds is 8. The molecular formula is C29H34FN3O5S. The van der Waals surface area contributed by atoms with Crippen LogP contribution in [0.3, 0.4) is 0 Å². The van der Waals surface area contributed by atoms with Crippen molar-refractivity contribution in [2.75, 3.05) is 17.4 Å². The summed E-state index contributed by atoms with van der Waals surface area (Å²) in [6.45, 7) is 5.56. The first-order chi connectivity index (χ1) is 18.6. The van der Waals surface area contributed by atoms with Gasteiger partial charge in [-0.1, -0.05) is 49.2 Å². The molecule has 208 valence electrons. The molecule has 2 unspecified atom stereocenters. The van der Waals surface area contributed by atoms with Crippen molar-refractivity contribution in [1.29, 1.82) is 0 Å². The van der Waals surface area contributed by atoms with Gasteiger partial charge < -0.3 is 9.47 Å². The molecule has 8 nitrogen and oxygen atoms in total. The van der Waals surface area contributed by atoms with Gasteiger partial charge in [0.2, 0.25) is 11.2 Å². The molecule has 1 N–H and O–H groups in total. The summed E-state index contributed by atoms with van der Waals surface area (Å²) >= 11 is -1.94. The molecule has 0 aromatic heterocycles. The van der Waals surface area contributed by atoms with Gasteiger partial charge in [-0.3, -0.25) is 18.7 Å². The van der Waals surface area contributed by atoms with E-state index in [1.54, 1.807) is 17.0 Å². The van der Waals surface area contributed by atoms with E-state index < -0.39 is 34.6 Å². The first kappa shape index (κ1) is 27.2. The Bertz CT molecular complexity index is 1310. The van der Waals surface area contributed by atoms with Crippen LogP contribution in [0, 0.1) is 11.7 Å². The fourth-order valence-electron chi connectivity index (χ4n) is 4.84. The van der Waals surface area contributed by atoms with Gasteiger partial charge in [0.25, 0.3) is 5.91 Å². The van der Waals surface area contributed by atoms with Crippen LogP contribution in [0.25, 0.3) is 5.57 Å². The van der Waals surface area contributed by atoms with E-state index in [9.17, 15) is 13.8 Å². The lowest BCUT2D eigenvalue weighted by atomic mass is 10.0. The molecule has 0 bridgehead atoms. The predicted molar refractivity (Wildman–Crippen MR) is 147 cm³/mol. The van der Waals surface area contributed by atoms with E-state index in [0.717, 1.165) is 18.4 Å². The Kier molecular flexibility index (Phi) is 7.66. The van der Waals surface area contributed by atoms with Crippen LogP contribution in [-0.4, -0.2) is 45.8 Å². The van der Waals surface area contributed by atoms with E-state index in [1.807, 2.05) is 57.2 Å². The van der Waals surface area contributed by atoms with E-state index >= 15 is 4.39 Å². The van der Waals surface area contributed by atoms with Gasteiger partial charge in [0.1, 0.15) is 30.2 Å². The number of halogens is 1. The molecule has 10 heteroatoms. The average Bonchev–Trinajstić information content (AvgIpc) is 3.52. The van der Waals surface area contributed by atoms with Crippen LogP contribution in [0.15, 0.2) is 48.5 Å². The highest BCUT2D eigenvalue weighted by Gasteiger charge is 2.37. The van der Waals surface area contributed by atoms with E-state index in [-0.39, 0.29) is 42.7 Å². The van der Waals surface area contributed by atoms with Crippen molar-refractivity contribution in [2.24, 2.45) is 5.92 Å². The van der Waals surface area contributed by atoms with E-state index in [2.05, 4.69) is 4.72 Å². The normalized spacial score (nSPS) is 21.1. The number of carbonyl (C=O) groups is 2. The van der Waals surface area contributed by atoms with Gasteiger partial charge in [-0.15, -0.1) is 0 Å². The third-order valence-electron chi connectivity index (χ3n) is 6.93. The van der Waals surface area contributed by atoms with Crippen LogP contribution in [-0.2, 0) is 27.3 Å². The second-order valence-corrected chi connectivity index (χ2v) is 12.4. The van der Waals surface area contributed by atoms with E-state index in [4.69, 9.17) is 9.47 Å². The monoisotopic (exact) mass is 555 g/mol. The summed E-state index contributed by atoms with van der Waals surface area (Å²) in [4.78, 5) is 26.7. The van der Waals surface area contributed by atoms with Gasteiger partial charge >= 0.3 is 6.09 Å². The summed E-state index contributed by atoms with van der Waals surface area (Å²) in [6.07, 6.45) is 5.68. The molecule has 2 aromatic rings. The zero-order chi connectivity index (χ0) is 27.7. The maximum absolute atomic E-state index is 16.3. The molecule has 2 amide bonds. The zero-order valence-electron chi connectivity index (χ0n) is 22.4. The Hall–Kier alpha value is -3.40. The number of carbonyl (C=O) groups excluding carboxylic acids is 2. The van der Waals surface area contributed by atoms with Crippen molar-refractivity contribution in [3.8, 4) is 5.75 Å². The van der Waals surface area contributed by atoms with Gasteiger partial charge in [0.15, 0.2) is 5.82 Å². The summed E-state index contributed by atoms with van der Waals surface area (Å²) in [6, 6.07) is 12.5. The van der Waals surface area contributed by atoms with E-state index in [1.165, 1.54) is 17.1 Å². The minimum Gasteiger partial charge on any atom is -0.487 e. The van der Waals surface area contributed by atoms with E-state index in [0.29, 0.717) is 11.5 Å². The summed E-state index contributed by atoms with van der Waals surface area (Å²) in [5.41, 5.74) is 1.09. The van der Waals surface area contributed by atoms with Gasteiger partial charge in [0.05, 0.1) is 12.6 Å². The number of amides is 2. The highest BCUT2D eigenvalue weighted by molar-refractivity contribution is 7.85. The molecule has 2 atom stereocenters. The molecule has 5 rings (SSSR count). The topological polar surface area (TPSA) is 88.2 Å². The van der Waals surface area contributed by atoms with Crippen LogP contribution in [0.2, 0.25) is 0 Å². The molecule has 1 aliphatic carbocycles. The third kappa shape index (κ3) is 6.43. The number of hydrogen-bond acceptors (Lipinski definition) is 5. The van der Waals surface area contributed by atoms with Crippen molar-refractivity contribution in [1.82, 2.24) is 9.62 Å².